The first kappa shape index (κ1) is 15.6. The molecule has 0 saturated heterocycles. The van der Waals surface area contributed by atoms with Crippen molar-refractivity contribution in [3.05, 3.63) is 46.9 Å². The Labute approximate surface area is 128 Å². The molecule has 6 heteroatoms. The van der Waals surface area contributed by atoms with Crippen LogP contribution in [-0.4, -0.2) is 23.8 Å². The average molecular weight is 302 g/mol. The summed E-state index contributed by atoms with van der Waals surface area (Å²) >= 11 is 0. The maximum Gasteiger partial charge on any atom is 0.274 e. The third-order valence-electron chi connectivity index (χ3n) is 2.95. The molecule has 1 aromatic heterocycles. The lowest BCUT2D eigenvalue weighted by atomic mass is 10.2. The van der Waals surface area contributed by atoms with E-state index < -0.39 is 0 Å². The van der Waals surface area contributed by atoms with Gasteiger partial charge in [0.2, 0.25) is 0 Å². The Balaban J connectivity index is 2.05. The van der Waals surface area contributed by atoms with Crippen molar-refractivity contribution in [2.45, 2.75) is 20.8 Å². The number of carbonyl (C=O) groups is 1. The summed E-state index contributed by atoms with van der Waals surface area (Å²) in [5.41, 5.74) is 3.58. The second-order valence-corrected chi connectivity index (χ2v) is 4.69. The minimum absolute atomic E-state index is 0.0625. The summed E-state index contributed by atoms with van der Waals surface area (Å²) < 4.78 is 10.6. The quantitative estimate of drug-likeness (QED) is 0.657. The highest BCUT2D eigenvalue weighted by Gasteiger charge is 2.12. The van der Waals surface area contributed by atoms with E-state index >= 15 is 0 Å². The number of nitrogens with zero attached hydrogens (tertiary/aromatic N) is 1. The van der Waals surface area contributed by atoms with Gasteiger partial charge in [-0.1, -0.05) is 0 Å². The van der Waals surface area contributed by atoms with E-state index in [0.717, 1.165) is 0 Å². The number of nitrogens with one attached hydrogen (secondary N) is 1. The highest BCUT2D eigenvalue weighted by molar-refractivity contribution is 5.95. The van der Waals surface area contributed by atoms with Crippen LogP contribution in [0.5, 0.6) is 11.5 Å². The number of aryl methyl sites for hydroxylation is 2. The molecule has 0 saturated carbocycles. The Bertz CT molecular complexity index is 704. The van der Waals surface area contributed by atoms with Crippen LogP contribution in [0, 0.1) is 13.8 Å². The van der Waals surface area contributed by atoms with Crippen LogP contribution < -0.4 is 10.2 Å². The second-order valence-electron chi connectivity index (χ2n) is 4.69. The van der Waals surface area contributed by atoms with E-state index in [2.05, 4.69) is 10.5 Å². The van der Waals surface area contributed by atoms with Crippen LogP contribution in [0.1, 0.15) is 34.4 Å². The predicted molar refractivity (Wildman–Crippen MR) is 82.5 cm³/mol. The molecule has 116 valence electrons. The largest absolute Gasteiger partial charge is 0.504 e. The number of phenols is 1. The summed E-state index contributed by atoms with van der Waals surface area (Å²) in [5, 5.41) is 13.5. The number of phenolic OH excluding ortho intramolecular Hbond substituents is 1. The van der Waals surface area contributed by atoms with Crippen molar-refractivity contribution < 1.29 is 19.1 Å². The third-order valence-corrected chi connectivity index (χ3v) is 2.95. The van der Waals surface area contributed by atoms with Gasteiger partial charge in [0.15, 0.2) is 11.5 Å². The van der Waals surface area contributed by atoms with Crippen LogP contribution >= 0.6 is 0 Å². The van der Waals surface area contributed by atoms with E-state index in [0.29, 0.717) is 35.0 Å². The van der Waals surface area contributed by atoms with Gasteiger partial charge in [-0.2, -0.15) is 5.10 Å². The van der Waals surface area contributed by atoms with Gasteiger partial charge in [-0.05, 0) is 50.6 Å². The molecular formula is C16H18N2O4. The van der Waals surface area contributed by atoms with Crippen LogP contribution in [0.4, 0.5) is 0 Å². The monoisotopic (exact) mass is 302 g/mol. The first-order valence-electron chi connectivity index (χ1n) is 6.87. The maximum absolute atomic E-state index is 11.9. The maximum atomic E-state index is 11.9. The van der Waals surface area contributed by atoms with Gasteiger partial charge in [0, 0.05) is 0 Å². The van der Waals surface area contributed by atoms with Crippen LogP contribution in [0.3, 0.4) is 0 Å². The zero-order chi connectivity index (χ0) is 16.1. The van der Waals surface area contributed by atoms with Gasteiger partial charge in [-0.15, -0.1) is 0 Å². The van der Waals surface area contributed by atoms with E-state index in [1.807, 2.05) is 6.92 Å². The highest BCUT2D eigenvalue weighted by Crippen LogP contribution is 2.26. The molecule has 0 fully saturated rings. The van der Waals surface area contributed by atoms with Gasteiger partial charge in [-0.25, -0.2) is 5.43 Å². The van der Waals surface area contributed by atoms with Crippen molar-refractivity contribution in [1.82, 2.24) is 5.43 Å². The first-order valence-corrected chi connectivity index (χ1v) is 6.87. The molecule has 2 N–H and O–H groups in total. The van der Waals surface area contributed by atoms with Gasteiger partial charge >= 0.3 is 0 Å². The Hall–Kier alpha value is -2.76. The SMILES string of the molecule is CCOc1cc(/C=N/NC(=O)c2cc(C)oc2C)ccc1O. The predicted octanol–water partition coefficient (Wildman–Crippen LogP) is 2.76. The van der Waals surface area contributed by atoms with E-state index in [4.69, 9.17) is 9.15 Å². The third kappa shape index (κ3) is 3.66. The molecule has 22 heavy (non-hydrogen) atoms. The average Bonchev–Trinajstić information content (AvgIpc) is 2.81. The molecule has 2 rings (SSSR count). The molecule has 0 aliphatic heterocycles. The normalized spacial score (nSPS) is 10.9. The van der Waals surface area contributed by atoms with Crippen molar-refractivity contribution in [2.24, 2.45) is 5.10 Å². The zero-order valence-electron chi connectivity index (χ0n) is 12.7. The zero-order valence-corrected chi connectivity index (χ0v) is 12.7. The molecule has 1 heterocycles. The van der Waals surface area contributed by atoms with Gasteiger partial charge in [-0.3, -0.25) is 4.79 Å². The fourth-order valence-electron chi connectivity index (χ4n) is 1.96. The van der Waals surface area contributed by atoms with E-state index in [1.165, 1.54) is 12.3 Å². The molecule has 0 radical (unpaired) electrons. The Kier molecular flexibility index (Phi) is 4.83. The summed E-state index contributed by atoms with van der Waals surface area (Å²) in [5.74, 6) is 1.32. The highest BCUT2D eigenvalue weighted by atomic mass is 16.5. The van der Waals surface area contributed by atoms with E-state index in [-0.39, 0.29) is 11.7 Å². The lowest BCUT2D eigenvalue weighted by Gasteiger charge is -2.05. The van der Waals surface area contributed by atoms with Crippen molar-refractivity contribution in [1.29, 1.82) is 0 Å². The van der Waals surface area contributed by atoms with Crippen molar-refractivity contribution in [3.63, 3.8) is 0 Å². The Morgan fingerprint density at radius 3 is 2.82 bits per heavy atom. The van der Waals surface area contributed by atoms with Crippen molar-refractivity contribution in [2.75, 3.05) is 6.61 Å². The summed E-state index contributed by atoms with van der Waals surface area (Å²) in [6, 6.07) is 6.48. The number of benzene rings is 1. The van der Waals surface area contributed by atoms with Gasteiger partial charge in [0.25, 0.3) is 5.91 Å². The fourth-order valence-corrected chi connectivity index (χ4v) is 1.96. The number of amides is 1. The molecule has 2 aromatic rings. The van der Waals surface area contributed by atoms with Crippen LogP contribution in [0.25, 0.3) is 0 Å². The minimum atomic E-state index is -0.339. The minimum Gasteiger partial charge on any atom is -0.504 e. The molecular weight excluding hydrogens is 284 g/mol. The first-order chi connectivity index (χ1) is 10.5. The summed E-state index contributed by atoms with van der Waals surface area (Å²) in [6.45, 7) is 5.78. The van der Waals surface area contributed by atoms with Crippen LogP contribution in [-0.2, 0) is 0 Å². The number of hydrazone groups is 1. The van der Waals surface area contributed by atoms with Crippen molar-refractivity contribution >= 4 is 12.1 Å². The molecule has 6 nitrogen and oxygen atoms in total. The lowest BCUT2D eigenvalue weighted by Crippen LogP contribution is -2.17. The Morgan fingerprint density at radius 2 is 2.18 bits per heavy atom. The van der Waals surface area contributed by atoms with Crippen LogP contribution in [0.2, 0.25) is 0 Å². The molecule has 0 spiro atoms. The molecule has 1 amide bonds. The number of hydrogen-bond acceptors (Lipinski definition) is 5. The van der Waals surface area contributed by atoms with E-state index in [1.54, 1.807) is 32.0 Å². The number of rotatable bonds is 5. The van der Waals surface area contributed by atoms with Gasteiger partial charge in [0.05, 0.1) is 18.4 Å². The van der Waals surface area contributed by atoms with Crippen molar-refractivity contribution in [3.8, 4) is 11.5 Å². The molecule has 0 bridgehead atoms. The smallest absolute Gasteiger partial charge is 0.274 e. The molecule has 0 unspecified atom stereocenters. The number of hydrogen-bond donors (Lipinski definition) is 2. The van der Waals surface area contributed by atoms with Gasteiger partial charge in [0.1, 0.15) is 11.5 Å². The molecule has 0 aliphatic carbocycles. The summed E-state index contributed by atoms with van der Waals surface area (Å²) in [4.78, 5) is 11.9. The fraction of sp³-hybridized carbons (Fsp3) is 0.250. The Morgan fingerprint density at radius 1 is 1.41 bits per heavy atom. The number of aromatic hydroxyl groups is 1. The van der Waals surface area contributed by atoms with Crippen LogP contribution in [0.15, 0.2) is 33.8 Å². The molecule has 0 aliphatic rings. The van der Waals surface area contributed by atoms with Gasteiger partial charge < -0.3 is 14.3 Å². The topological polar surface area (TPSA) is 84.1 Å². The summed E-state index contributed by atoms with van der Waals surface area (Å²) in [6.07, 6.45) is 1.47. The lowest BCUT2D eigenvalue weighted by molar-refractivity contribution is 0.0953. The summed E-state index contributed by atoms with van der Waals surface area (Å²) in [7, 11) is 0. The van der Waals surface area contributed by atoms with E-state index in [9.17, 15) is 9.90 Å². The number of furan rings is 1. The number of carbonyl (C=O) groups excluding carboxylic acids is 1. The second kappa shape index (κ2) is 6.80. The molecule has 0 atom stereocenters. The number of ether oxygens (including phenoxy) is 1. The standard InChI is InChI=1S/C16H18N2O4/c1-4-21-15-8-12(5-6-14(15)19)9-17-18-16(20)13-7-10(2)22-11(13)3/h5-9,19H,4H2,1-3H3,(H,18,20)/b17-9+. The molecule has 1 aromatic carbocycles.